The third-order valence-electron chi connectivity index (χ3n) is 3.65. The smallest absolute Gasteiger partial charge is 0.150 e. The fraction of sp³-hybridized carbons (Fsp3) is 0.400. The molecule has 19 heavy (non-hydrogen) atoms. The second-order valence-electron chi connectivity index (χ2n) is 5.21. The first-order chi connectivity index (χ1) is 9.20. The van der Waals surface area contributed by atoms with E-state index in [-0.39, 0.29) is 5.82 Å². The number of likely N-dealkylation sites (tertiary alicyclic amines) is 1. The molecule has 0 bridgehead atoms. The van der Waals surface area contributed by atoms with Crippen molar-refractivity contribution in [1.29, 1.82) is 0 Å². The largest absolute Gasteiger partial charge is 0.360 e. The van der Waals surface area contributed by atoms with Crippen LogP contribution in [0.1, 0.15) is 29.4 Å². The Morgan fingerprint density at radius 2 is 2.32 bits per heavy atom. The summed E-state index contributed by atoms with van der Waals surface area (Å²) in [6.07, 6.45) is 1.07. The van der Waals surface area contributed by atoms with Crippen LogP contribution < -0.4 is 0 Å². The SMILES string of the molecule is Cc1cc(CN2CC[C@@H](c3cccc(F)c3)C2)on1. The van der Waals surface area contributed by atoms with Crippen molar-refractivity contribution in [1.82, 2.24) is 10.1 Å². The quantitative estimate of drug-likeness (QED) is 0.849. The molecule has 1 aliphatic rings. The molecule has 0 saturated carbocycles. The van der Waals surface area contributed by atoms with Crippen LogP contribution in [0.25, 0.3) is 0 Å². The highest BCUT2D eigenvalue weighted by molar-refractivity contribution is 5.22. The Bertz CT molecular complexity index is 567. The van der Waals surface area contributed by atoms with Crippen molar-refractivity contribution >= 4 is 0 Å². The lowest BCUT2D eigenvalue weighted by atomic mass is 9.98. The van der Waals surface area contributed by atoms with E-state index in [0.29, 0.717) is 5.92 Å². The molecule has 2 aromatic rings. The molecular formula is C15H17FN2O. The number of nitrogens with zero attached hydrogens (tertiary/aromatic N) is 2. The van der Waals surface area contributed by atoms with E-state index in [9.17, 15) is 4.39 Å². The predicted molar refractivity (Wildman–Crippen MR) is 70.3 cm³/mol. The van der Waals surface area contributed by atoms with Gasteiger partial charge in [-0.15, -0.1) is 0 Å². The summed E-state index contributed by atoms with van der Waals surface area (Å²) in [5.41, 5.74) is 2.01. The van der Waals surface area contributed by atoms with Gasteiger partial charge in [0, 0.05) is 12.6 Å². The van der Waals surface area contributed by atoms with Gasteiger partial charge in [-0.2, -0.15) is 0 Å². The summed E-state index contributed by atoms with van der Waals surface area (Å²) in [5.74, 6) is 1.17. The van der Waals surface area contributed by atoms with Crippen LogP contribution in [0.2, 0.25) is 0 Å². The van der Waals surface area contributed by atoms with Gasteiger partial charge in [0.2, 0.25) is 0 Å². The second kappa shape index (κ2) is 5.13. The molecular weight excluding hydrogens is 243 g/mol. The van der Waals surface area contributed by atoms with Crippen LogP contribution in [0.5, 0.6) is 0 Å². The molecule has 0 spiro atoms. The standard InChI is InChI=1S/C15H17FN2O/c1-11-7-15(19-17-11)10-18-6-5-13(9-18)12-3-2-4-14(16)8-12/h2-4,7-8,13H,5-6,9-10H2,1H3/t13-/m1/s1. The van der Waals surface area contributed by atoms with Gasteiger partial charge in [0.15, 0.2) is 5.76 Å². The number of aromatic nitrogens is 1. The van der Waals surface area contributed by atoms with Gasteiger partial charge in [-0.3, -0.25) is 4.90 Å². The maximum Gasteiger partial charge on any atom is 0.150 e. The van der Waals surface area contributed by atoms with Crippen molar-refractivity contribution < 1.29 is 8.91 Å². The van der Waals surface area contributed by atoms with E-state index in [1.807, 2.05) is 19.1 Å². The topological polar surface area (TPSA) is 29.3 Å². The van der Waals surface area contributed by atoms with Gasteiger partial charge in [-0.25, -0.2) is 4.39 Å². The Morgan fingerprint density at radius 1 is 1.42 bits per heavy atom. The van der Waals surface area contributed by atoms with Gasteiger partial charge in [0.05, 0.1) is 12.2 Å². The highest BCUT2D eigenvalue weighted by atomic mass is 19.1. The third-order valence-corrected chi connectivity index (χ3v) is 3.65. The van der Waals surface area contributed by atoms with E-state index in [4.69, 9.17) is 4.52 Å². The fourth-order valence-corrected chi connectivity index (χ4v) is 2.72. The van der Waals surface area contributed by atoms with Crippen LogP contribution in [0.4, 0.5) is 4.39 Å². The van der Waals surface area contributed by atoms with Crippen molar-refractivity contribution in [2.75, 3.05) is 13.1 Å². The van der Waals surface area contributed by atoms with Gasteiger partial charge < -0.3 is 4.52 Å². The molecule has 0 N–H and O–H groups in total. The van der Waals surface area contributed by atoms with Crippen LogP contribution in [0, 0.1) is 12.7 Å². The van der Waals surface area contributed by atoms with E-state index in [2.05, 4.69) is 10.1 Å². The van der Waals surface area contributed by atoms with Crippen LogP contribution in [-0.4, -0.2) is 23.1 Å². The minimum atomic E-state index is -0.151. The van der Waals surface area contributed by atoms with Crippen LogP contribution in [0.3, 0.4) is 0 Å². The van der Waals surface area contributed by atoms with E-state index < -0.39 is 0 Å². The third kappa shape index (κ3) is 2.84. The molecule has 0 unspecified atom stereocenters. The molecule has 3 nitrogen and oxygen atoms in total. The molecule has 4 heteroatoms. The molecule has 1 aromatic heterocycles. The number of benzene rings is 1. The first-order valence-corrected chi connectivity index (χ1v) is 6.61. The van der Waals surface area contributed by atoms with Gasteiger partial charge >= 0.3 is 0 Å². The second-order valence-corrected chi connectivity index (χ2v) is 5.21. The minimum absolute atomic E-state index is 0.151. The van der Waals surface area contributed by atoms with E-state index in [1.165, 1.54) is 6.07 Å². The first kappa shape index (κ1) is 12.4. The van der Waals surface area contributed by atoms with E-state index in [0.717, 1.165) is 43.1 Å². The Balaban J connectivity index is 1.64. The molecule has 0 amide bonds. The molecule has 2 heterocycles. The molecule has 100 valence electrons. The summed E-state index contributed by atoms with van der Waals surface area (Å²) in [5, 5.41) is 3.90. The average Bonchev–Trinajstić information content (AvgIpc) is 2.99. The lowest BCUT2D eigenvalue weighted by molar-refractivity contribution is 0.271. The van der Waals surface area contributed by atoms with Gasteiger partial charge in [-0.1, -0.05) is 17.3 Å². The Morgan fingerprint density at radius 3 is 3.05 bits per heavy atom. The lowest BCUT2D eigenvalue weighted by Crippen LogP contribution is -2.19. The van der Waals surface area contributed by atoms with Crippen molar-refractivity contribution in [2.45, 2.75) is 25.8 Å². The Hall–Kier alpha value is -1.68. The molecule has 1 atom stereocenters. The first-order valence-electron chi connectivity index (χ1n) is 6.61. The van der Waals surface area contributed by atoms with Crippen LogP contribution >= 0.6 is 0 Å². The van der Waals surface area contributed by atoms with Gasteiger partial charge in [0.25, 0.3) is 0 Å². The predicted octanol–water partition coefficient (Wildman–Crippen LogP) is 3.11. The summed E-state index contributed by atoms with van der Waals surface area (Å²) < 4.78 is 18.5. The Labute approximate surface area is 112 Å². The normalized spacial score (nSPS) is 20.0. The molecule has 0 aliphatic carbocycles. The molecule has 1 aliphatic heterocycles. The van der Waals surface area contributed by atoms with Crippen molar-refractivity contribution in [3.05, 3.63) is 53.2 Å². The summed E-state index contributed by atoms with van der Waals surface area (Å²) in [4.78, 5) is 2.33. The number of rotatable bonds is 3. The molecule has 1 fully saturated rings. The number of aryl methyl sites for hydroxylation is 1. The summed E-state index contributed by atoms with van der Waals surface area (Å²) in [6, 6.07) is 8.90. The van der Waals surface area contributed by atoms with Crippen LogP contribution in [0.15, 0.2) is 34.9 Å². The number of hydrogen-bond acceptors (Lipinski definition) is 3. The maximum absolute atomic E-state index is 13.2. The fourth-order valence-electron chi connectivity index (χ4n) is 2.72. The monoisotopic (exact) mass is 260 g/mol. The Kier molecular flexibility index (Phi) is 3.34. The van der Waals surface area contributed by atoms with Crippen molar-refractivity contribution in [3.8, 4) is 0 Å². The zero-order valence-corrected chi connectivity index (χ0v) is 11.0. The average molecular weight is 260 g/mol. The zero-order chi connectivity index (χ0) is 13.2. The van der Waals surface area contributed by atoms with E-state index >= 15 is 0 Å². The molecule has 1 saturated heterocycles. The van der Waals surface area contributed by atoms with Crippen molar-refractivity contribution in [2.24, 2.45) is 0 Å². The number of halogens is 1. The molecule has 1 aromatic carbocycles. The lowest BCUT2D eigenvalue weighted by Gasteiger charge is -2.14. The highest BCUT2D eigenvalue weighted by Gasteiger charge is 2.24. The number of hydrogen-bond donors (Lipinski definition) is 0. The highest BCUT2D eigenvalue weighted by Crippen LogP contribution is 2.28. The zero-order valence-electron chi connectivity index (χ0n) is 11.0. The van der Waals surface area contributed by atoms with E-state index in [1.54, 1.807) is 12.1 Å². The van der Waals surface area contributed by atoms with Gasteiger partial charge in [-0.05, 0) is 43.5 Å². The van der Waals surface area contributed by atoms with Crippen molar-refractivity contribution in [3.63, 3.8) is 0 Å². The summed E-state index contributed by atoms with van der Waals surface area (Å²) >= 11 is 0. The molecule has 0 radical (unpaired) electrons. The summed E-state index contributed by atoms with van der Waals surface area (Å²) in [6.45, 7) is 4.67. The van der Waals surface area contributed by atoms with Gasteiger partial charge in [0.1, 0.15) is 5.82 Å². The summed E-state index contributed by atoms with van der Waals surface area (Å²) in [7, 11) is 0. The maximum atomic E-state index is 13.2. The molecule has 3 rings (SSSR count). The minimum Gasteiger partial charge on any atom is -0.360 e. The van der Waals surface area contributed by atoms with Crippen LogP contribution in [-0.2, 0) is 6.54 Å².